The molecule has 0 aromatic heterocycles. The minimum absolute atomic E-state index is 0.122. The zero-order valence-corrected chi connectivity index (χ0v) is 18.8. The third-order valence-electron chi connectivity index (χ3n) is 6.02. The fourth-order valence-corrected chi connectivity index (χ4v) is 4.31. The van der Waals surface area contributed by atoms with E-state index in [4.69, 9.17) is 14.2 Å². The smallest absolute Gasteiger partial charge is 0.124 e. The topological polar surface area (TPSA) is 39.7 Å². The van der Waals surface area contributed by atoms with E-state index in [0.29, 0.717) is 25.7 Å². The van der Waals surface area contributed by atoms with Gasteiger partial charge in [0.15, 0.2) is 0 Å². The van der Waals surface area contributed by atoms with Gasteiger partial charge in [-0.1, -0.05) is 72.8 Å². The molecule has 4 rings (SSSR count). The van der Waals surface area contributed by atoms with Gasteiger partial charge in [-0.05, 0) is 35.7 Å². The Labute approximate surface area is 191 Å². The normalized spacial score (nSPS) is 18.4. The number of hydrogen-bond donors (Lipinski definition) is 1. The van der Waals surface area contributed by atoms with Crippen molar-refractivity contribution < 1.29 is 14.2 Å². The van der Waals surface area contributed by atoms with Gasteiger partial charge in [0.2, 0.25) is 0 Å². The molecular formula is C28H33NO3. The zero-order chi connectivity index (χ0) is 22.0. The van der Waals surface area contributed by atoms with Crippen molar-refractivity contribution in [1.29, 1.82) is 0 Å². The van der Waals surface area contributed by atoms with Gasteiger partial charge in [-0.25, -0.2) is 0 Å². The number of ether oxygens (including phenoxy) is 3. The molecule has 2 atom stereocenters. The molecule has 1 aliphatic heterocycles. The molecule has 4 heteroatoms. The van der Waals surface area contributed by atoms with Crippen molar-refractivity contribution in [3.05, 3.63) is 90.0 Å². The van der Waals surface area contributed by atoms with Crippen molar-refractivity contribution in [3.8, 4) is 16.9 Å². The number of para-hydroxylation sites is 1. The van der Waals surface area contributed by atoms with Crippen LogP contribution in [-0.4, -0.2) is 39.5 Å². The Morgan fingerprint density at radius 2 is 1.69 bits per heavy atom. The lowest BCUT2D eigenvalue weighted by atomic mass is 9.86. The Balaban J connectivity index is 1.44. The molecule has 1 saturated heterocycles. The largest absolute Gasteiger partial charge is 0.493 e. The highest BCUT2D eigenvalue weighted by atomic mass is 16.5. The Morgan fingerprint density at radius 3 is 2.56 bits per heavy atom. The van der Waals surface area contributed by atoms with Crippen LogP contribution in [-0.2, 0) is 16.1 Å². The number of nitrogens with one attached hydrogen (secondary N) is 1. The van der Waals surface area contributed by atoms with Crippen LogP contribution < -0.4 is 10.1 Å². The predicted octanol–water partition coefficient (Wildman–Crippen LogP) is 5.43. The van der Waals surface area contributed by atoms with Crippen molar-refractivity contribution in [2.75, 3.05) is 33.4 Å². The van der Waals surface area contributed by atoms with Crippen molar-refractivity contribution >= 4 is 0 Å². The van der Waals surface area contributed by atoms with Gasteiger partial charge in [0.05, 0.1) is 19.3 Å². The van der Waals surface area contributed by atoms with Gasteiger partial charge < -0.3 is 19.5 Å². The van der Waals surface area contributed by atoms with E-state index in [1.165, 1.54) is 16.7 Å². The second kappa shape index (κ2) is 11.8. The van der Waals surface area contributed by atoms with E-state index in [0.717, 1.165) is 37.2 Å². The molecular weight excluding hydrogens is 398 g/mol. The highest BCUT2D eigenvalue weighted by molar-refractivity contribution is 5.64. The molecule has 1 N–H and O–H groups in total. The summed E-state index contributed by atoms with van der Waals surface area (Å²) >= 11 is 0. The van der Waals surface area contributed by atoms with Gasteiger partial charge >= 0.3 is 0 Å². The minimum Gasteiger partial charge on any atom is -0.493 e. The molecule has 0 spiro atoms. The third kappa shape index (κ3) is 5.98. The molecule has 0 saturated carbocycles. The van der Waals surface area contributed by atoms with Gasteiger partial charge in [-0.2, -0.15) is 0 Å². The van der Waals surface area contributed by atoms with Crippen LogP contribution in [0, 0.1) is 0 Å². The van der Waals surface area contributed by atoms with Crippen LogP contribution in [0.4, 0.5) is 0 Å². The standard InChI is InChI=1S/C28H33NO3/c1-30-17-8-18-31-27-14-6-5-11-25(27)21-32-28-20-29-16-15-26(28)24-13-7-12-23(19-24)22-9-3-2-4-10-22/h2-7,9-14,19,26,28-29H,8,15-18,20-21H2,1H3/t26-,28+/m1/s1. The predicted molar refractivity (Wildman–Crippen MR) is 129 cm³/mol. The van der Waals surface area contributed by atoms with Crippen LogP contribution in [0.1, 0.15) is 29.9 Å². The highest BCUT2D eigenvalue weighted by Gasteiger charge is 2.27. The van der Waals surface area contributed by atoms with Gasteiger partial charge in [-0.15, -0.1) is 0 Å². The fourth-order valence-electron chi connectivity index (χ4n) is 4.31. The van der Waals surface area contributed by atoms with Crippen LogP contribution in [0.5, 0.6) is 5.75 Å². The second-order valence-corrected chi connectivity index (χ2v) is 8.24. The Kier molecular flexibility index (Phi) is 8.32. The van der Waals surface area contributed by atoms with E-state index >= 15 is 0 Å². The molecule has 1 heterocycles. The maximum Gasteiger partial charge on any atom is 0.124 e. The van der Waals surface area contributed by atoms with E-state index in [1.54, 1.807) is 7.11 Å². The van der Waals surface area contributed by atoms with Crippen LogP contribution in [0.3, 0.4) is 0 Å². The lowest BCUT2D eigenvalue weighted by molar-refractivity contribution is 0.00959. The Bertz CT molecular complexity index is 960. The number of benzene rings is 3. The van der Waals surface area contributed by atoms with Crippen LogP contribution >= 0.6 is 0 Å². The number of rotatable bonds is 10. The van der Waals surface area contributed by atoms with Crippen molar-refractivity contribution in [2.24, 2.45) is 0 Å². The van der Waals surface area contributed by atoms with Crippen LogP contribution in [0.25, 0.3) is 11.1 Å². The number of methoxy groups -OCH3 is 1. The summed E-state index contributed by atoms with van der Waals surface area (Å²) in [5.74, 6) is 1.27. The highest BCUT2D eigenvalue weighted by Crippen LogP contribution is 2.32. The molecule has 3 aromatic carbocycles. The van der Waals surface area contributed by atoms with Gasteiger partial charge in [0, 0.05) is 38.2 Å². The number of hydrogen-bond acceptors (Lipinski definition) is 4. The molecule has 0 amide bonds. The molecule has 32 heavy (non-hydrogen) atoms. The summed E-state index contributed by atoms with van der Waals surface area (Å²) in [4.78, 5) is 0. The summed E-state index contributed by atoms with van der Waals surface area (Å²) in [7, 11) is 1.71. The minimum atomic E-state index is 0.122. The van der Waals surface area contributed by atoms with Crippen molar-refractivity contribution in [2.45, 2.75) is 31.5 Å². The summed E-state index contributed by atoms with van der Waals surface area (Å²) in [5, 5.41) is 3.51. The SMILES string of the molecule is COCCCOc1ccccc1CO[C@H]1CNCC[C@@H]1c1cccc(-c2ccccc2)c1. The molecule has 1 aliphatic rings. The first-order valence-corrected chi connectivity index (χ1v) is 11.5. The molecule has 0 radical (unpaired) electrons. The zero-order valence-electron chi connectivity index (χ0n) is 18.8. The van der Waals surface area contributed by atoms with E-state index < -0.39 is 0 Å². The number of piperidine rings is 1. The molecule has 168 valence electrons. The summed E-state index contributed by atoms with van der Waals surface area (Å²) in [5.41, 5.74) is 4.95. The van der Waals surface area contributed by atoms with Gasteiger partial charge in [-0.3, -0.25) is 0 Å². The first kappa shape index (κ1) is 22.5. The molecule has 0 aliphatic carbocycles. The quantitative estimate of drug-likeness (QED) is 0.435. The first-order valence-electron chi connectivity index (χ1n) is 11.5. The lowest BCUT2D eigenvalue weighted by Gasteiger charge is -2.33. The van der Waals surface area contributed by atoms with E-state index in [1.807, 2.05) is 18.2 Å². The lowest BCUT2D eigenvalue weighted by Crippen LogP contribution is -2.41. The monoisotopic (exact) mass is 431 g/mol. The molecule has 4 nitrogen and oxygen atoms in total. The summed E-state index contributed by atoms with van der Waals surface area (Å²) in [6.07, 6.45) is 2.06. The third-order valence-corrected chi connectivity index (χ3v) is 6.02. The van der Waals surface area contributed by atoms with Crippen LogP contribution in [0.15, 0.2) is 78.9 Å². The Morgan fingerprint density at radius 1 is 0.875 bits per heavy atom. The Hall–Kier alpha value is -2.66. The average Bonchev–Trinajstić information content (AvgIpc) is 2.87. The van der Waals surface area contributed by atoms with Gasteiger partial charge in [0.25, 0.3) is 0 Å². The van der Waals surface area contributed by atoms with Crippen molar-refractivity contribution in [1.82, 2.24) is 5.32 Å². The van der Waals surface area contributed by atoms with E-state index in [-0.39, 0.29) is 6.10 Å². The van der Waals surface area contributed by atoms with E-state index in [2.05, 4.69) is 66.0 Å². The molecule has 1 fully saturated rings. The average molecular weight is 432 g/mol. The summed E-state index contributed by atoms with van der Waals surface area (Å²) in [6, 6.07) is 27.7. The van der Waals surface area contributed by atoms with Crippen molar-refractivity contribution in [3.63, 3.8) is 0 Å². The first-order chi connectivity index (χ1) is 15.8. The second-order valence-electron chi connectivity index (χ2n) is 8.24. The molecule has 3 aromatic rings. The molecule has 0 bridgehead atoms. The summed E-state index contributed by atoms with van der Waals surface area (Å²) < 4.78 is 17.6. The van der Waals surface area contributed by atoms with E-state index in [9.17, 15) is 0 Å². The van der Waals surface area contributed by atoms with Crippen LogP contribution in [0.2, 0.25) is 0 Å². The fraction of sp³-hybridized carbons (Fsp3) is 0.357. The van der Waals surface area contributed by atoms with Gasteiger partial charge in [0.1, 0.15) is 5.75 Å². The maximum atomic E-state index is 6.48. The maximum absolute atomic E-state index is 6.48. The molecule has 0 unspecified atom stereocenters. The summed E-state index contributed by atoms with van der Waals surface area (Å²) in [6.45, 7) is 3.76.